The van der Waals surface area contributed by atoms with Crippen molar-refractivity contribution in [1.29, 1.82) is 0 Å². The van der Waals surface area contributed by atoms with Crippen molar-refractivity contribution in [2.75, 3.05) is 11.9 Å². The topological polar surface area (TPSA) is 81.0 Å². The Morgan fingerprint density at radius 2 is 2.31 bits per heavy atom. The predicted molar refractivity (Wildman–Crippen MR) is 61.6 cm³/mol. The first-order chi connectivity index (χ1) is 7.50. The van der Waals surface area contributed by atoms with Crippen molar-refractivity contribution in [1.82, 2.24) is 9.97 Å². The van der Waals surface area contributed by atoms with Gasteiger partial charge in [0.1, 0.15) is 6.20 Å². The number of nitro groups is 1. The molecule has 16 heavy (non-hydrogen) atoms. The summed E-state index contributed by atoms with van der Waals surface area (Å²) < 4.78 is 0. The van der Waals surface area contributed by atoms with Gasteiger partial charge in [-0.3, -0.25) is 10.1 Å². The number of anilines is 1. The molecule has 6 nitrogen and oxygen atoms in total. The van der Waals surface area contributed by atoms with Crippen LogP contribution in [0.25, 0.3) is 0 Å². The van der Waals surface area contributed by atoms with E-state index in [1.165, 1.54) is 0 Å². The summed E-state index contributed by atoms with van der Waals surface area (Å²) in [7, 11) is 0. The van der Waals surface area contributed by atoms with Crippen LogP contribution in [-0.2, 0) is 0 Å². The monoisotopic (exact) mass is 244 g/mol. The van der Waals surface area contributed by atoms with Gasteiger partial charge < -0.3 is 5.32 Å². The van der Waals surface area contributed by atoms with Gasteiger partial charge in [0.25, 0.3) is 0 Å². The Labute approximate surface area is 98.2 Å². The lowest BCUT2D eigenvalue weighted by Gasteiger charge is -2.07. The molecule has 7 heteroatoms. The third-order valence-corrected chi connectivity index (χ3v) is 2.13. The van der Waals surface area contributed by atoms with Crippen LogP contribution < -0.4 is 5.32 Å². The number of hydrogen-bond donors (Lipinski definition) is 1. The highest BCUT2D eigenvalue weighted by Gasteiger charge is 2.16. The van der Waals surface area contributed by atoms with E-state index < -0.39 is 4.92 Å². The lowest BCUT2D eigenvalue weighted by molar-refractivity contribution is -0.384. The minimum atomic E-state index is -0.534. The number of aromatic nitrogens is 2. The van der Waals surface area contributed by atoms with Crippen molar-refractivity contribution in [3.8, 4) is 0 Å². The first-order valence-electron chi connectivity index (χ1n) is 4.91. The number of hydrogen-bond acceptors (Lipinski definition) is 5. The number of rotatable bonds is 5. The molecule has 1 aromatic heterocycles. The number of nitrogens with one attached hydrogen (secondary N) is 1. The van der Waals surface area contributed by atoms with E-state index in [0.29, 0.717) is 12.5 Å². The fraction of sp³-hybridized carbons (Fsp3) is 0.556. The van der Waals surface area contributed by atoms with Crippen molar-refractivity contribution >= 4 is 23.1 Å². The van der Waals surface area contributed by atoms with Crippen LogP contribution >= 0.6 is 11.6 Å². The second-order valence-electron chi connectivity index (χ2n) is 3.74. The van der Waals surface area contributed by atoms with E-state index in [0.717, 1.165) is 12.6 Å². The first kappa shape index (κ1) is 12.6. The minimum absolute atomic E-state index is 0.00218. The second kappa shape index (κ2) is 5.60. The molecule has 0 aliphatic rings. The van der Waals surface area contributed by atoms with E-state index in [2.05, 4.69) is 29.1 Å². The third-order valence-electron chi connectivity index (χ3n) is 1.95. The highest BCUT2D eigenvalue weighted by atomic mass is 35.5. The average molecular weight is 245 g/mol. The van der Waals surface area contributed by atoms with Gasteiger partial charge in [0.05, 0.1) is 4.92 Å². The summed E-state index contributed by atoms with van der Waals surface area (Å²) in [6.07, 6.45) is 2.01. The van der Waals surface area contributed by atoms with E-state index in [-0.39, 0.29) is 16.8 Å². The lowest BCUT2D eigenvalue weighted by atomic mass is 10.1. The summed E-state index contributed by atoms with van der Waals surface area (Å²) in [6.45, 7) is 4.76. The van der Waals surface area contributed by atoms with Crippen molar-refractivity contribution in [3.05, 3.63) is 21.6 Å². The zero-order valence-electron chi connectivity index (χ0n) is 9.11. The molecule has 0 unspecified atom stereocenters. The van der Waals surface area contributed by atoms with Crippen LogP contribution in [0.4, 0.5) is 11.5 Å². The standard InChI is InChI=1S/C9H13ClN4O2/c1-6(2)3-4-11-8-7(14(15)16)5-12-9(10)13-8/h5-6H,3-4H2,1-2H3,(H,11,12,13). The van der Waals surface area contributed by atoms with Crippen LogP contribution in [-0.4, -0.2) is 21.4 Å². The lowest BCUT2D eigenvalue weighted by Crippen LogP contribution is -2.08. The molecule has 0 atom stereocenters. The first-order valence-corrected chi connectivity index (χ1v) is 5.29. The Kier molecular flexibility index (Phi) is 4.42. The van der Waals surface area contributed by atoms with Crippen LogP contribution in [0, 0.1) is 16.0 Å². The number of nitrogens with zero attached hydrogens (tertiary/aromatic N) is 3. The molecule has 0 spiro atoms. The molecule has 0 fully saturated rings. The van der Waals surface area contributed by atoms with Crippen LogP contribution in [0.15, 0.2) is 6.20 Å². The zero-order valence-corrected chi connectivity index (χ0v) is 9.86. The normalized spacial score (nSPS) is 10.5. The summed E-state index contributed by atoms with van der Waals surface area (Å²) in [5, 5.41) is 13.6. The Bertz CT molecular complexity index is 384. The van der Waals surface area contributed by atoms with Gasteiger partial charge >= 0.3 is 5.69 Å². The summed E-state index contributed by atoms with van der Waals surface area (Å²) >= 11 is 5.58. The molecular formula is C9H13ClN4O2. The number of halogens is 1. The summed E-state index contributed by atoms with van der Waals surface area (Å²) in [6, 6.07) is 0. The second-order valence-corrected chi connectivity index (χ2v) is 4.08. The fourth-order valence-electron chi connectivity index (χ4n) is 1.10. The van der Waals surface area contributed by atoms with Crippen LogP contribution in [0.3, 0.4) is 0 Å². The molecule has 1 rings (SSSR count). The Morgan fingerprint density at radius 1 is 1.62 bits per heavy atom. The SMILES string of the molecule is CC(C)CCNc1nc(Cl)ncc1[N+](=O)[O-]. The van der Waals surface area contributed by atoms with Gasteiger partial charge in [-0.1, -0.05) is 13.8 Å². The van der Waals surface area contributed by atoms with Crippen LogP contribution in [0.2, 0.25) is 5.28 Å². The molecular weight excluding hydrogens is 232 g/mol. The van der Waals surface area contributed by atoms with Gasteiger partial charge in [0.2, 0.25) is 11.1 Å². The Balaban J connectivity index is 2.76. The van der Waals surface area contributed by atoms with E-state index in [1.807, 2.05) is 0 Å². The molecule has 0 radical (unpaired) electrons. The highest BCUT2D eigenvalue weighted by molar-refractivity contribution is 6.28. The van der Waals surface area contributed by atoms with E-state index in [4.69, 9.17) is 11.6 Å². The van der Waals surface area contributed by atoms with E-state index in [9.17, 15) is 10.1 Å². The smallest absolute Gasteiger partial charge is 0.329 e. The predicted octanol–water partition coefficient (Wildman–Crippen LogP) is 2.50. The molecule has 0 amide bonds. The largest absolute Gasteiger partial charge is 0.364 e. The Hall–Kier alpha value is -1.43. The molecule has 0 bridgehead atoms. The maximum Gasteiger partial charge on any atom is 0.329 e. The molecule has 1 N–H and O–H groups in total. The van der Waals surface area contributed by atoms with Gasteiger partial charge in [0, 0.05) is 6.54 Å². The summed E-state index contributed by atoms with van der Waals surface area (Å²) in [5.74, 6) is 0.689. The van der Waals surface area contributed by atoms with E-state index >= 15 is 0 Å². The maximum absolute atomic E-state index is 10.7. The van der Waals surface area contributed by atoms with Gasteiger partial charge in [-0.25, -0.2) is 4.98 Å². The van der Waals surface area contributed by atoms with Gasteiger partial charge in [-0.2, -0.15) is 4.98 Å². The van der Waals surface area contributed by atoms with Gasteiger partial charge in [-0.05, 0) is 23.9 Å². The maximum atomic E-state index is 10.7. The molecule has 0 aliphatic carbocycles. The molecule has 88 valence electrons. The molecule has 1 heterocycles. The van der Waals surface area contributed by atoms with Crippen LogP contribution in [0.5, 0.6) is 0 Å². The van der Waals surface area contributed by atoms with Crippen LogP contribution in [0.1, 0.15) is 20.3 Å². The summed E-state index contributed by atoms with van der Waals surface area (Å²) in [4.78, 5) is 17.5. The highest BCUT2D eigenvalue weighted by Crippen LogP contribution is 2.21. The quantitative estimate of drug-likeness (QED) is 0.489. The molecule has 0 aromatic carbocycles. The molecule has 0 saturated heterocycles. The van der Waals surface area contributed by atoms with Crippen molar-refractivity contribution < 1.29 is 4.92 Å². The van der Waals surface area contributed by atoms with Gasteiger partial charge in [0.15, 0.2) is 0 Å². The zero-order chi connectivity index (χ0) is 12.1. The minimum Gasteiger partial charge on any atom is -0.364 e. The van der Waals surface area contributed by atoms with Crippen molar-refractivity contribution in [3.63, 3.8) is 0 Å². The summed E-state index contributed by atoms with van der Waals surface area (Å²) in [5.41, 5.74) is -0.159. The van der Waals surface area contributed by atoms with Gasteiger partial charge in [-0.15, -0.1) is 0 Å². The van der Waals surface area contributed by atoms with Crippen molar-refractivity contribution in [2.45, 2.75) is 20.3 Å². The molecule has 0 aliphatic heterocycles. The fourth-order valence-corrected chi connectivity index (χ4v) is 1.23. The Morgan fingerprint density at radius 3 is 2.88 bits per heavy atom. The molecule has 0 saturated carbocycles. The average Bonchev–Trinajstić information content (AvgIpc) is 2.16. The third kappa shape index (κ3) is 3.62. The van der Waals surface area contributed by atoms with Crippen molar-refractivity contribution in [2.24, 2.45) is 5.92 Å². The molecule has 1 aromatic rings. The van der Waals surface area contributed by atoms with E-state index in [1.54, 1.807) is 0 Å².